The summed E-state index contributed by atoms with van der Waals surface area (Å²) in [7, 11) is 2.42. The summed E-state index contributed by atoms with van der Waals surface area (Å²) in [5, 5.41) is 0. The van der Waals surface area contributed by atoms with Crippen LogP contribution >= 0.6 is 0 Å². The van der Waals surface area contributed by atoms with Crippen LogP contribution in [0.1, 0.15) is 60.8 Å². The van der Waals surface area contributed by atoms with Crippen molar-refractivity contribution in [1.82, 2.24) is 4.90 Å². The summed E-state index contributed by atoms with van der Waals surface area (Å²) in [6.45, 7) is 9.85. The Labute approximate surface area is 172 Å². The zero-order valence-corrected chi connectivity index (χ0v) is 18.6. The maximum absolute atomic E-state index is 12.7. The van der Waals surface area contributed by atoms with E-state index in [0.717, 1.165) is 7.11 Å². The minimum Gasteiger partial charge on any atom is -0.467 e. The molecule has 0 rings (SSSR count). The number of ether oxygens (including phenoxy) is 4. The van der Waals surface area contributed by atoms with Gasteiger partial charge in [-0.3, -0.25) is 0 Å². The lowest BCUT2D eigenvalue weighted by molar-refractivity contribution is -0.147. The van der Waals surface area contributed by atoms with E-state index in [4.69, 9.17) is 14.2 Å². The normalized spacial score (nSPS) is 12.8. The van der Waals surface area contributed by atoms with Crippen LogP contribution in [0.15, 0.2) is 12.2 Å². The quantitative estimate of drug-likeness (QED) is 0.269. The molecule has 2 amide bonds. The first-order valence-corrected chi connectivity index (χ1v) is 9.29. The molecule has 0 heterocycles. The molecule has 0 fully saturated rings. The van der Waals surface area contributed by atoms with E-state index >= 15 is 0 Å². The summed E-state index contributed by atoms with van der Waals surface area (Å²) in [5.41, 5.74) is -1.78. The molecule has 1 atom stereocenters. The van der Waals surface area contributed by atoms with Gasteiger partial charge in [-0.1, -0.05) is 6.08 Å². The number of carbonyl (C=O) groups is 4. The molecule has 9 nitrogen and oxygen atoms in total. The Kier molecular flexibility index (Phi) is 10.4. The number of carbonyl (C=O) groups excluding carboxylic acids is 4. The van der Waals surface area contributed by atoms with Crippen LogP contribution in [0.3, 0.4) is 0 Å². The van der Waals surface area contributed by atoms with Crippen molar-refractivity contribution in [3.63, 3.8) is 0 Å². The molecule has 0 spiro atoms. The van der Waals surface area contributed by atoms with Crippen LogP contribution in [0.5, 0.6) is 0 Å². The van der Waals surface area contributed by atoms with E-state index in [1.54, 1.807) is 47.6 Å². The van der Waals surface area contributed by atoms with Gasteiger partial charge in [0, 0.05) is 6.08 Å². The Morgan fingerprint density at radius 1 is 0.862 bits per heavy atom. The third-order valence-electron chi connectivity index (χ3n) is 3.27. The van der Waals surface area contributed by atoms with E-state index in [0.29, 0.717) is 17.7 Å². The van der Waals surface area contributed by atoms with Crippen molar-refractivity contribution >= 4 is 24.1 Å². The predicted molar refractivity (Wildman–Crippen MR) is 105 cm³/mol. The van der Waals surface area contributed by atoms with Crippen molar-refractivity contribution in [3.05, 3.63) is 12.2 Å². The molecule has 0 aromatic carbocycles. The highest BCUT2D eigenvalue weighted by molar-refractivity contribution is 5.94. The zero-order valence-electron chi connectivity index (χ0n) is 18.6. The Balaban J connectivity index is 5.58. The van der Waals surface area contributed by atoms with Crippen LogP contribution in [-0.4, -0.2) is 60.5 Å². The summed E-state index contributed by atoms with van der Waals surface area (Å²) < 4.78 is 19.9. The molecule has 0 N–H and O–H groups in total. The molecular formula is C20H33NO8. The highest BCUT2D eigenvalue weighted by atomic mass is 16.6. The van der Waals surface area contributed by atoms with E-state index in [1.807, 2.05) is 0 Å². The number of amides is 2. The number of esters is 2. The van der Waals surface area contributed by atoms with Gasteiger partial charge in [-0.2, -0.15) is 4.90 Å². The highest BCUT2D eigenvalue weighted by Crippen LogP contribution is 2.20. The topological polar surface area (TPSA) is 108 Å². The molecule has 0 aliphatic carbocycles. The van der Waals surface area contributed by atoms with E-state index in [2.05, 4.69) is 4.74 Å². The first-order valence-electron chi connectivity index (χ1n) is 9.29. The minimum absolute atomic E-state index is 0.0939. The van der Waals surface area contributed by atoms with Gasteiger partial charge in [0.1, 0.15) is 17.2 Å². The van der Waals surface area contributed by atoms with Crippen molar-refractivity contribution in [1.29, 1.82) is 0 Å². The molecule has 0 saturated heterocycles. The molecule has 9 heteroatoms. The number of unbranched alkanes of at least 4 members (excludes halogenated alkanes) is 1. The summed E-state index contributed by atoms with van der Waals surface area (Å²) in [5.74, 6) is -1.28. The first-order chi connectivity index (χ1) is 13.2. The lowest BCUT2D eigenvalue weighted by Crippen LogP contribution is -2.52. The molecule has 0 aliphatic heterocycles. The van der Waals surface area contributed by atoms with Gasteiger partial charge in [0.2, 0.25) is 0 Å². The molecule has 0 aliphatic rings. The van der Waals surface area contributed by atoms with Crippen LogP contribution in [0.2, 0.25) is 0 Å². The van der Waals surface area contributed by atoms with E-state index in [1.165, 1.54) is 13.2 Å². The average molecular weight is 415 g/mol. The van der Waals surface area contributed by atoms with Crippen molar-refractivity contribution < 1.29 is 38.1 Å². The van der Waals surface area contributed by atoms with Crippen molar-refractivity contribution in [2.24, 2.45) is 0 Å². The van der Waals surface area contributed by atoms with Gasteiger partial charge >= 0.3 is 24.1 Å². The van der Waals surface area contributed by atoms with Crippen molar-refractivity contribution in [2.45, 2.75) is 78.0 Å². The van der Waals surface area contributed by atoms with Crippen molar-refractivity contribution in [2.75, 3.05) is 14.2 Å². The molecule has 0 radical (unpaired) electrons. The van der Waals surface area contributed by atoms with Gasteiger partial charge in [-0.05, 0) is 60.8 Å². The Morgan fingerprint density at radius 2 is 1.34 bits per heavy atom. The van der Waals surface area contributed by atoms with E-state index in [-0.39, 0.29) is 6.42 Å². The first kappa shape index (κ1) is 26.4. The van der Waals surface area contributed by atoms with Crippen LogP contribution < -0.4 is 0 Å². The number of allylic oxidation sites excluding steroid dienone is 1. The van der Waals surface area contributed by atoms with Crippen LogP contribution in [0, 0.1) is 0 Å². The second-order valence-electron chi connectivity index (χ2n) is 8.23. The average Bonchev–Trinajstić information content (AvgIpc) is 2.55. The second-order valence-corrected chi connectivity index (χ2v) is 8.23. The Hall–Kier alpha value is -2.58. The van der Waals surface area contributed by atoms with Crippen molar-refractivity contribution in [3.8, 4) is 0 Å². The fourth-order valence-corrected chi connectivity index (χ4v) is 2.12. The highest BCUT2D eigenvalue weighted by Gasteiger charge is 2.40. The summed E-state index contributed by atoms with van der Waals surface area (Å²) in [6.07, 6.45) is 1.71. The third-order valence-corrected chi connectivity index (χ3v) is 3.27. The van der Waals surface area contributed by atoms with Crippen LogP contribution in [0.25, 0.3) is 0 Å². The van der Waals surface area contributed by atoms with Gasteiger partial charge in [-0.15, -0.1) is 0 Å². The summed E-state index contributed by atoms with van der Waals surface area (Å²) >= 11 is 0. The van der Waals surface area contributed by atoms with Gasteiger partial charge in [0.05, 0.1) is 14.2 Å². The lowest BCUT2D eigenvalue weighted by atomic mass is 10.1. The molecule has 0 aromatic heterocycles. The van der Waals surface area contributed by atoms with Crippen LogP contribution in [0.4, 0.5) is 9.59 Å². The molecule has 0 aromatic rings. The van der Waals surface area contributed by atoms with Gasteiger partial charge in [0.15, 0.2) is 0 Å². The molecule has 0 unspecified atom stereocenters. The number of methoxy groups -OCH3 is 2. The SMILES string of the molecule is COC(=O)/C=C/CCC[C@@H](C(=O)OC)N(C(=O)OC(C)(C)C)C(=O)OC(C)(C)C. The van der Waals surface area contributed by atoms with Gasteiger partial charge in [0.25, 0.3) is 0 Å². The fourth-order valence-electron chi connectivity index (χ4n) is 2.12. The molecule has 0 saturated carbocycles. The smallest absolute Gasteiger partial charge is 0.420 e. The van der Waals surface area contributed by atoms with Crippen LogP contribution in [-0.2, 0) is 28.5 Å². The Morgan fingerprint density at radius 3 is 1.72 bits per heavy atom. The Bertz CT molecular complexity index is 585. The molecule has 0 bridgehead atoms. The molecular weight excluding hydrogens is 382 g/mol. The lowest BCUT2D eigenvalue weighted by Gasteiger charge is -2.32. The monoisotopic (exact) mass is 415 g/mol. The zero-order chi connectivity index (χ0) is 22.8. The number of rotatable bonds is 7. The summed E-state index contributed by atoms with van der Waals surface area (Å²) in [4.78, 5) is 49.5. The second kappa shape index (κ2) is 11.4. The molecule has 29 heavy (non-hydrogen) atoms. The van der Waals surface area contributed by atoms with Gasteiger partial charge < -0.3 is 18.9 Å². The summed E-state index contributed by atoms with van der Waals surface area (Å²) in [6, 6.07) is -1.24. The standard InChI is InChI=1S/C20H33NO8/c1-19(2,3)28-17(24)21(18(25)29-20(4,5)6)14(16(23)27-8)12-10-9-11-13-15(22)26-7/h11,13-14H,9-10,12H2,1-8H3/b13-11+/t14-/m0/s1. The fraction of sp³-hybridized carbons (Fsp3) is 0.700. The number of hydrogen-bond donors (Lipinski definition) is 0. The van der Waals surface area contributed by atoms with E-state index in [9.17, 15) is 19.2 Å². The third kappa shape index (κ3) is 11.1. The predicted octanol–water partition coefficient (Wildman–Crippen LogP) is 3.60. The molecule has 166 valence electrons. The maximum atomic E-state index is 12.7. The number of hydrogen-bond acceptors (Lipinski definition) is 8. The largest absolute Gasteiger partial charge is 0.467 e. The van der Waals surface area contributed by atoms with Gasteiger partial charge in [-0.25, -0.2) is 19.2 Å². The van der Waals surface area contributed by atoms with E-state index < -0.39 is 41.4 Å². The minimum atomic E-state index is -1.24. The maximum Gasteiger partial charge on any atom is 0.420 e. The number of nitrogens with zero attached hydrogens (tertiary/aromatic N) is 1. The number of imide groups is 1.